The highest BCUT2D eigenvalue weighted by molar-refractivity contribution is 6.99. The van der Waals surface area contributed by atoms with E-state index in [0.29, 0.717) is 13.2 Å². The summed E-state index contributed by atoms with van der Waals surface area (Å²) < 4.78 is 12.9. The average molecular weight is 483 g/mol. The zero-order valence-electron chi connectivity index (χ0n) is 22.2. The Morgan fingerprint density at radius 2 is 1.44 bits per heavy atom. The summed E-state index contributed by atoms with van der Waals surface area (Å²) in [4.78, 5) is 17.2. The molecule has 34 heavy (non-hydrogen) atoms. The average Bonchev–Trinajstić information content (AvgIpc) is 3.18. The van der Waals surface area contributed by atoms with Gasteiger partial charge in [0.1, 0.15) is 5.60 Å². The van der Waals surface area contributed by atoms with Gasteiger partial charge in [0.15, 0.2) is 0 Å². The molecule has 3 rings (SSSR count). The highest BCUT2D eigenvalue weighted by Crippen LogP contribution is 2.37. The Hall–Kier alpha value is -2.15. The van der Waals surface area contributed by atoms with Gasteiger partial charge in [-0.05, 0) is 56.7 Å². The van der Waals surface area contributed by atoms with Crippen LogP contribution in [-0.4, -0.2) is 69.1 Å². The molecular weight excluding hydrogens is 440 g/mol. The predicted octanol–water partition coefficient (Wildman–Crippen LogP) is 4.50. The molecule has 0 radical (unpaired) electrons. The number of rotatable bonds is 6. The zero-order chi connectivity index (χ0) is 25.1. The van der Waals surface area contributed by atoms with Crippen LogP contribution in [0.2, 0.25) is 5.04 Å². The Morgan fingerprint density at radius 3 is 1.85 bits per heavy atom. The van der Waals surface area contributed by atoms with Crippen molar-refractivity contribution < 1.29 is 14.0 Å². The molecule has 0 unspecified atom stereocenters. The first-order chi connectivity index (χ1) is 15.8. The SMILES string of the molecule is CN(C)[C@H]1C[C@@H](CO[Si](c2ccccc2)(c2ccccc2)C(C)(C)C)N(C(=O)OC(C)(C)C)C1. The second-order valence-electron chi connectivity index (χ2n) is 11.6. The van der Waals surface area contributed by atoms with Crippen LogP contribution in [0.3, 0.4) is 0 Å². The summed E-state index contributed by atoms with van der Waals surface area (Å²) in [7, 11) is 1.48. The molecule has 0 N–H and O–H groups in total. The highest BCUT2D eigenvalue weighted by atomic mass is 28.4. The number of hydrogen-bond acceptors (Lipinski definition) is 4. The van der Waals surface area contributed by atoms with E-state index in [4.69, 9.17) is 9.16 Å². The van der Waals surface area contributed by atoms with Crippen molar-refractivity contribution in [2.24, 2.45) is 0 Å². The van der Waals surface area contributed by atoms with Crippen LogP contribution >= 0.6 is 0 Å². The quantitative estimate of drug-likeness (QED) is 0.569. The molecule has 1 fully saturated rings. The molecule has 0 aromatic heterocycles. The van der Waals surface area contributed by atoms with Crippen LogP contribution in [0.4, 0.5) is 4.79 Å². The van der Waals surface area contributed by atoms with Gasteiger partial charge in [-0.25, -0.2) is 4.79 Å². The lowest BCUT2D eigenvalue weighted by Gasteiger charge is -2.44. The fraction of sp³-hybridized carbons (Fsp3) is 0.536. The molecule has 2 aromatic carbocycles. The molecule has 1 saturated heterocycles. The fourth-order valence-corrected chi connectivity index (χ4v) is 9.55. The number of likely N-dealkylation sites (tertiary alicyclic amines) is 1. The summed E-state index contributed by atoms with van der Waals surface area (Å²) in [6.07, 6.45) is 0.609. The fourth-order valence-electron chi connectivity index (χ4n) is 4.95. The topological polar surface area (TPSA) is 42.0 Å². The third kappa shape index (κ3) is 5.73. The lowest BCUT2D eigenvalue weighted by Crippen LogP contribution is -2.67. The van der Waals surface area contributed by atoms with Crippen molar-refractivity contribution >= 4 is 24.8 Å². The third-order valence-electron chi connectivity index (χ3n) is 6.66. The van der Waals surface area contributed by atoms with Crippen molar-refractivity contribution in [1.82, 2.24) is 9.80 Å². The maximum atomic E-state index is 13.1. The number of carbonyl (C=O) groups excluding carboxylic acids is 1. The van der Waals surface area contributed by atoms with Gasteiger partial charge >= 0.3 is 6.09 Å². The minimum Gasteiger partial charge on any atom is -0.444 e. The van der Waals surface area contributed by atoms with Crippen molar-refractivity contribution in [3.8, 4) is 0 Å². The molecule has 2 atom stereocenters. The monoisotopic (exact) mass is 482 g/mol. The normalized spacial score (nSPS) is 19.5. The molecule has 1 heterocycles. The largest absolute Gasteiger partial charge is 0.444 e. The standard InChI is InChI=1S/C28H42N2O3Si/c1-27(2,3)33-26(31)30-20-22(29(7)8)19-23(30)21-32-34(28(4,5)6,24-15-11-9-12-16-24)25-17-13-10-14-18-25/h9-18,22-23H,19-21H2,1-8H3/t22-,23-/m0/s1. The van der Waals surface area contributed by atoms with E-state index in [2.05, 4.69) is 100 Å². The van der Waals surface area contributed by atoms with Gasteiger partial charge in [-0.1, -0.05) is 81.4 Å². The minimum absolute atomic E-state index is 0.0381. The number of ether oxygens (including phenoxy) is 1. The van der Waals surface area contributed by atoms with E-state index < -0.39 is 13.9 Å². The van der Waals surface area contributed by atoms with E-state index in [1.807, 2.05) is 25.7 Å². The maximum Gasteiger partial charge on any atom is 0.410 e. The summed E-state index contributed by atoms with van der Waals surface area (Å²) in [6, 6.07) is 21.5. The lowest BCUT2D eigenvalue weighted by molar-refractivity contribution is 0.0178. The second kappa shape index (κ2) is 10.2. The van der Waals surface area contributed by atoms with Crippen LogP contribution < -0.4 is 10.4 Å². The summed E-state index contributed by atoms with van der Waals surface area (Å²) >= 11 is 0. The van der Waals surface area contributed by atoms with E-state index in [1.54, 1.807) is 0 Å². The van der Waals surface area contributed by atoms with Crippen LogP contribution in [0.5, 0.6) is 0 Å². The Morgan fingerprint density at radius 1 is 0.941 bits per heavy atom. The van der Waals surface area contributed by atoms with E-state index in [1.165, 1.54) is 10.4 Å². The van der Waals surface area contributed by atoms with Crippen molar-refractivity contribution in [3.05, 3.63) is 60.7 Å². The molecule has 1 aliphatic heterocycles. The number of amides is 1. The molecule has 1 aliphatic rings. The number of hydrogen-bond donors (Lipinski definition) is 0. The summed E-state index contributed by atoms with van der Waals surface area (Å²) in [6.45, 7) is 13.7. The van der Waals surface area contributed by atoms with Gasteiger partial charge in [0.2, 0.25) is 0 Å². The van der Waals surface area contributed by atoms with E-state index in [9.17, 15) is 4.79 Å². The Kier molecular flexibility index (Phi) is 7.95. The molecule has 6 heteroatoms. The van der Waals surface area contributed by atoms with Crippen molar-refractivity contribution in [3.63, 3.8) is 0 Å². The number of benzene rings is 2. The molecule has 5 nitrogen and oxygen atoms in total. The van der Waals surface area contributed by atoms with E-state index in [0.717, 1.165) is 6.42 Å². The Labute approximate surface area is 207 Å². The van der Waals surface area contributed by atoms with Gasteiger partial charge in [0.25, 0.3) is 8.32 Å². The lowest BCUT2D eigenvalue weighted by atomic mass is 10.2. The van der Waals surface area contributed by atoms with Crippen LogP contribution in [-0.2, 0) is 9.16 Å². The smallest absolute Gasteiger partial charge is 0.410 e. The summed E-state index contributed by atoms with van der Waals surface area (Å²) in [5, 5.41) is 2.39. The van der Waals surface area contributed by atoms with Gasteiger partial charge in [-0.3, -0.25) is 0 Å². The molecule has 0 bridgehead atoms. The van der Waals surface area contributed by atoms with Crippen molar-refractivity contribution in [2.45, 2.75) is 70.7 Å². The van der Waals surface area contributed by atoms with Crippen LogP contribution in [0.1, 0.15) is 48.0 Å². The molecule has 186 valence electrons. The van der Waals surface area contributed by atoms with Crippen molar-refractivity contribution in [1.29, 1.82) is 0 Å². The molecular formula is C28H42N2O3Si. The number of carbonyl (C=O) groups is 1. The Balaban J connectivity index is 1.98. The van der Waals surface area contributed by atoms with Gasteiger partial charge in [-0.15, -0.1) is 0 Å². The molecule has 1 amide bonds. The first kappa shape index (κ1) is 26.5. The zero-order valence-corrected chi connectivity index (χ0v) is 23.2. The van der Waals surface area contributed by atoms with Crippen molar-refractivity contribution in [2.75, 3.05) is 27.2 Å². The first-order valence-electron chi connectivity index (χ1n) is 12.3. The van der Waals surface area contributed by atoms with E-state index in [-0.39, 0.29) is 23.2 Å². The van der Waals surface area contributed by atoms with Gasteiger partial charge in [0, 0.05) is 12.6 Å². The van der Waals surface area contributed by atoms with E-state index >= 15 is 0 Å². The molecule has 0 aliphatic carbocycles. The second-order valence-corrected chi connectivity index (χ2v) is 15.9. The molecule has 0 saturated carbocycles. The molecule has 0 spiro atoms. The summed E-state index contributed by atoms with van der Waals surface area (Å²) in [5.41, 5.74) is -0.531. The van der Waals surface area contributed by atoms with Gasteiger partial charge in [0.05, 0.1) is 12.6 Å². The number of likely N-dealkylation sites (N-methyl/N-ethyl adjacent to an activating group) is 1. The predicted molar refractivity (Wildman–Crippen MR) is 142 cm³/mol. The Bertz CT molecular complexity index is 896. The van der Waals surface area contributed by atoms with Crippen LogP contribution in [0, 0.1) is 0 Å². The third-order valence-corrected chi connectivity index (χ3v) is 11.7. The summed E-state index contributed by atoms with van der Waals surface area (Å²) in [5.74, 6) is 0. The minimum atomic E-state index is -2.67. The van der Waals surface area contributed by atoms with Gasteiger partial charge < -0.3 is 19.0 Å². The van der Waals surface area contributed by atoms with Crippen LogP contribution in [0.15, 0.2) is 60.7 Å². The first-order valence-corrected chi connectivity index (χ1v) is 14.2. The maximum absolute atomic E-state index is 13.1. The highest BCUT2D eigenvalue weighted by Gasteiger charge is 2.51. The van der Waals surface area contributed by atoms with Gasteiger partial charge in [-0.2, -0.15) is 0 Å². The molecule has 2 aromatic rings. The number of nitrogens with zero attached hydrogens (tertiary/aromatic N) is 2. The van der Waals surface area contributed by atoms with Crippen LogP contribution in [0.25, 0.3) is 0 Å².